The summed E-state index contributed by atoms with van der Waals surface area (Å²) in [6.07, 6.45) is 0. The van der Waals surface area contributed by atoms with Crippen LogP contribution < -0.4 is 0 Å². The molecule has 122 valence electrons. The van der Waals surface area contributed by atoms with Gasteiger partial charge in [-0.15, -0.1) is 0 Å². The van der Waals surface area contributed by atoms with E-state index in [2.05, 4.69) is 5.16 Å². The first-order chi connectivity index (χ1) is 11.5. The fourth-order valence-corrected chi connectivity index (χ4v) is 2.04. The van der Waals surface area contributed by atoms with Crippen molar-refractivity contribution in [3.63, 3.8) is 0 Å². The van der Waals surface area contributed by atoms with Gasteiger partial charge in [-0.25, -0.2) is 18.0 Å². The maximum absolute atomic E-state index is 13.7. The van der Waals surface area contributed by atoms with Crippen LogP contribution >= 0.6 is 0 Å². The minimum atomic E-state index is -1.02. The molecular formula is C17H10F3NO3. The van der Waals surface area contributed by atoms with Crippen LogP contribution in [0.1, 0.15) is 16.1 Å². The van der Waals surface area contributed by atoms with Crippen LogP contribution in [0, 0.1) is 17.5 Å². The van der Waals surface area contributed by atoms with E-state index in [9.17, 15) is 18.0 Å². The Hall–Kier alpha value is -3.09. The lowest BCUT2D eigenvalue weighted by molar-refractivity contribution is 0.0459. The van der Waals surface area contributed by atoms with E-state index in [1.54, 1.807) is 6.07 Å². The van der Waals surface area contributed by atoms with E-state index in [4.69, 9.17) is 9.26 Å². The molecule has 0 saturated carbocycles. The van der Waals surface area contributed by atoms with Gasteiger partial charge >= 0.3 is 5.97 Å². The number of carbonyl (C=O) groups is 1. The highest BCUT2D eigenvalue weighted by molar-refractivity contribution is 5.89. The van der Waals surface area contributed by atoms with Crippen molar-refractivity contribution in [3.8, 4) is 11.3 Å². The lowest BCUT2D eigenvalue weighted by Crippen LogP contribution is -2.08. The standard InChI is InChI=1S/C17H10F3NO3/c18-10-5-6-13(15(20)7-10)17(22)23-9-11-8-16(24-21-11)12-3-1-2-4-14(12)19/h1-8H,9H2. The number of halogens is 3. The van der Waals surface area contributed by atoms with Crippen molar-refractivity contribution >= 4 is 5.97 Å². The monoisotopic (exact) mass is 333 g/mol. The van der Waals surface area contributed by atoms with E-state index in [0.29, 0.717) is 6.07 Å². The smallest absolute Gasteiger partial charge is 0.341 e. The molecule has 0 N–H and O–H groups in total. The quantitative estimate of drug-likeness (QED) is 0.674. The van der Waals surface area contributed by atoms with Crippen molar-refractivity contribution in [3.05, 3.63) is 77.2 Å². The van der Waals surface area contributed by atoms with Crippen molar-refractivity contribution in [1.29, 1.82) is 0 Å². The number of benzene rings is 2. The van der Waals surface area contributed by atoms with Gasteiger partial charge in [-0.2, -0.15) is 0 Å². The Morgan fingerprint density at radius 3 is 2.58 bits per heavy atom. The number of aromatic nitrogens is 1. The molecule has 0 spiro atoms. The van der Waals surface area contributed by atoms with Gasteiger partial charge < -0.3 is 9.26 Å². The predicted octanol–water partition coefficient (Wildman–Crippen LogP) is 4.12. The second-order valence-electron chi connectivity index (χ2n) is 4.86. The van der Waals surface area contributed by atoms with E-state index in [0.717, 1.165) is 12.1 Å². The Morgan fingerprint density at radius 2 is 1.83 bits per heavy atom. The van der Waals surface area contributed by atoms with Crippen molar-refractivity contribution in [2.75, 3.05) is 0 Å². The van der Waals surface area contributed by atoms with Crippen LogP contribution in [-0.4, -0.2) is 11.1 Å². The van der Waals surface area contributed by atoms with Crippen molar-refractivity contribution < 1.29 is 27.2 Å². The first kappa shape index (κ1) is 15.8. The van der Waals surface area contributed by atoms with Gasteiger partial charge in [0.2, 0.25) is 0 Å². The van der Waals surface area contributed by atoms with E-state index < -0.39 is 29.0 Å². The van der Waals surface area contributed by atoms with E-state index in [-0.39, 0.29) is 23.6 Å². The number of hydrogen-bond donors (Lipinski definition) is 0. The van der Waals surface area contributed by atoms with Crippen molar-refractivity contribution in [2.45, 2.75) is 6.61 Å². The Labute approximate surface area is 134 Å². The molecule has 0 fully saturated rings. The minimum Gasteiger partial charge on any atom is -0.455 e. The fraction of sp³-hybridized carbons (Fsp3) is 0.0588. The Kier molecular flexibility index (Phi) is 4.33. The molecule has 0 aliphatic heterocycles. The molecule has 24 heavy (non-hydrogen) atoms. The summed E-state index contributed by atoms with van der Waals surface area (Å²) in [4.78, 5) is 11.8. The highest BCUT2D eigenvalue weighted by atomic mass is 19.1. The summed E-state index contributed by atoms with van der Waals surface area (Å²) >= 11 is 0. The molecule has 7 heteroatoms. The van der Waals surface area contributed by atoms with Gasteiger partial charge in [0, 0.05) is 12.1 Å². The zero-order chi connectivity index (χ0) is 17.1. The second kappa shape index (κ2) is 6.57. The molecule has 0 saturated heterocycles. The third kappa shape index (κ3) is 3.29. The topological polar surface area (TPSA) is 52.3 Å². The summed E-state index contributed by atoms with van der Waals surface area (Å²) in [5.74, 6) is -3.09. The summed E-state index contributed by atoms with van der Waals surface area (Å²) < 4.78 is 49.8. The second-order valence-corrected chi connectivity index (χ2v) is 4.86. The van der Waals surface area contributed by atoms with Gasteiger partial charge in [0.1, 0.15) is 29.8 Å². The third-order valence-corrected chi connectivity index (χ3v) is 3.20. The molecule has 2 aromatic carbocycles. The van der Waals surface area contributed by atoms with Gasteiger partial charge in [0.15, 0.2) is 5.76 Å². The Morgan fingerprint density at radius 1 is 1.04 bits per heavy atom. The maximum Gasteiger partial charge on any atom is 0.341 e. The molecule has 1 heterocycles. The van der Waals surface area contributed by atoms with Gasteiger partial charge in [-0.05, 0) is 24.3 Å². The SMILES string of the molecule is O=C(OCc1cc(-c2ccccc2F)on1)c1ccc(F)cc1F. The van der Waals surface area contributed by atoms with Crippen LogP contribution in [0.15, 0.2) is 53.1 Å². The number of esters is 1. The highest BCUT2D eigenvalue weighted by Gasteiger charge is 2.16. The molecule has 0 aliphatic rings. The molecule has 0 atom stereocenters. The van der Waals surface area contributed by atoms with Gasteiger partial charge in [0.25, 0.3) is 0 Å². The van der Waals surface area contributed by atoms with Crippen LogP contribution in [-0.2, 0) is 11.3 Å². The van der Waals surface area contributed by atoms with Gasteiger partial charge in [0.05, 0.1) is 11.1 Å². The van der Waals surface area contributed by atoms with Crippen molar-refractivity contribution in [2.24, 2.45) is 0 Å². The van der Waals surface area contributed by atoms with Crippen molar-refractivity contribution in [1.82, 2.24) is 5.16 Å². The summed E-state index contributed by atoms with van der Waals surface area (Å²) in [5, 5.41) is 3.66. The molecule has 0 bridgehead atoms. The summed E-state index contributed by atoms with van der Waals surface area (Å²) in [5.41, 5.74) is 0.0468. The molecule has 4 nitrogen and oxygen atoms in total. The average molecular weight is 333 g/mol. The highest BCUT2D eigenvalue weighted by Crippen LogP contribution is 2.23. The minimum absolute atomic E-state index is 0.173. The first-order valence-corrected chi connectivity index (χ1v) is 6.87. The zero-order valence-electron chi connectivity index (χ0n) is 12.1. The van der Waals surface area contributed by atoms with Gasteiger partial charge in [-0.1, -0.05) is 17.3 Å². The van der Waals surface area contributed by atoms with E-state index >= 15 is 0 Å². The van der Waals surface area contributed by atoms with E-state index in [1.165, 1.54) is 24.3 Å². The lowest BCUT2D eigenvalue weighted by Gasteiger charge is -2.03. The predicted molar refractivity (Wildman–Crippen MR) is 77.4 cm³/mol. The lowest BCUT2D eigenvalue weighted by atomic mass is 10.1. The number of ether oxygens (including phenoxy) is 1. The van der Waals surface area contributed by atoms with Crippen LogP contribution in [0.4, 0.5) is 13.2 Å². The number of rotatable bonds is 4. The Balaban J connectivity index is 1.69. The van der Waals surface area contributed by atoms with Crippen LogP contribution in [0.5, 0.6) is 0 Å². The molecule has 0 radical (unpaired) electrons. The first-order valence-electron chi connectivity index (χ1n) is 6.87. The van der Waals surface area contributed by atoms with Crippen LogP contribution in [0.25, 0.3) is 11.3 Å². The molecule has 1 aromatic heterocycles. The Bertz CT molecular complexity index is 892. The van der Waals surface area contributed by atoms with Crippen LogP contribution in [0.3, 0.4) is 0 Å². The largest absolute Gasteiger partial charge is 0.455 e. The summed E-state index contributed by atoms with van der Waals surface area (Å²) in [7, 11) is 0. The zero-order valence-corrected chi connectivity index (χ0v) is 12.1. The molecule has 0 unspecified atom stereocenters. The normalized spacial score (nSPS) is 10.6. The third-order valence-electron chi connectivity index (χ3n) is 3.20. The fourth-order valence-electron chi connectivity index (χ4n) is 2.04. The molecule has 0 amide bonds. The summed E-state index contributed by atoms with van der Waals surface area (Å²) in [6.45, 7) is -0.298. The molecular weight excluding hydrogens is 323 g/mol. The number of carbonyl (C=O) groups excluding carboxylic acids is 1. The number of nitrogens with zero attached hydrogens (tertiary/aromatic N) is 1. The van der Waals surface area contributed by atoms with Gasteiger partial charge in [-0.3, -0.25) is 0 Å². The van der Waals surface area contributed by atoms with Crippen LogP contribution in [0.2, 0.25) is 0 Å². The molecule has 3 aromatic rings. The number of hydrogen-bond acceptors (Lipinski definition) is 4. The molecule has 0 aliphatic carbocycles. The summed E-state index contributed by atoms with van der Waals surface area (Å²) in [6, 6.07) is 9.89. The molecule has 3 rings (SSSR count). The average Bonchev–Trinajstić information content (AvgIpc) is 3.02. The maximum atomic E-state index is 13.7. The van der Waals surface area contributed by atoms with E-state index in [1.807, 2.05) is 0 Å².